The quantitative estimate of drug-likeness (QED) is 0.654. The second kappa shape index (κ2) is 7.47. The average Bonchev–Trinajstić information content (AvgIpc) is 2.67. The lowest BCUT2D eigenvalue weighted by Gasteiger charge is -2.36. The van der Waals surface area contributed by atoms with Crippen LogP contribution in [0.5, 0.6) is 0 Å². The maximum atomic E-state index is 13.0. The van der Waals surface area contributed by atoms with E-state index in [4.69, 9.17) is 0 Å². The van der Waals surface area contributed by atoms with Gasteiger partial charge in [0.2, 0.25) is 5.76 Å². The molecule has 0 radical (unpaired) electrons. The van der Waals surface area contributed by atoms with Crippen LogP contribution in [0, 0.1) is 12.7 Å². The minimum absolute atomic E-state index is 0.191. The number of para-hydroxylation sites is 1. The first-order valence-corrected chi connectivity index (χ1v) is 8.45. The first kappa shape index (κ1) is 17.8. The summed E-state index contributed by atoms with van der Waals surface area (Å²) in [5, 5.41) is 20.2. The second-order valence-corrected chi connectivity index (χ2v) is 6.27. The van der Waals surface area contributed by atoms with Gasteiger partial charge in [-0.05, 0) is 42.8 Å². The number of carbonyl (C=O) groups excluding carboxylic acids is 1. The summed E-state index contributed by atoms with van der Waals surface area (Å²) in [6.45, 7) is 4.20. The number of aryl methyl sites for hydroxylation is 1. The highest BCUT2D eigenvalue weighted by molar-refractivity contribution is 5.97. The summed E-state index contributed by atoms with van der Waals surface area (Å²) < 4.78 is 13.0. The van der Waals surface area contributed by atoms with E-state index in [0.717, 1.165) is 17.8 Å². The minimum Gasteiger partial charge on any atom is -0.504 e. The monoisotopic (exact) mass is 356 g/mol. The van der Waals surface area contributed by atoms with Crippen LogP contribution in [0.4, 0.5) is 10.1 Å². The van der Waals surface area contributed by atoms with Crippen molar-refractivity contribution < 1.29 is 19.4 Å². The molecule has 1 aliphatic heterocycles. The maximum absolute atomic E-state index is 13.0. The largest absolute Gasteiger partial charge is 0.504 e. The van der Waals surface area contributed by atoms with Crippen LogP contribution in [0.25, 0.3) is 5.76 Å². The van der Waals surface area contributed by atoms with Crippen LogP contribution in [0.15, 0.2) is 54.3 Å². The molecule has 6 heteroatoms. The molecule has 0 unspecified atom stereocenters. The summed E-state index contributed by atoms with van der Waals surface area (Å²) in [5.41, 5.74) is 2.49. The first-order chi connectivity index (χ1) is 12.5. The van der Waals surface area contributed by atoms with Gasteiger partial charge < -0.3 is 20.0 Å². The Hall–Kier alpha value is -3.02. The minimum atomic E-state index is -0.721. The van der Waals surface area contributed by atoms with E-state index in [9.17, 15) is 19.4 Å². The summed E-state index contributed by atoms with van der Waals surface area (Å²) in [4.78, 5) is 16.2. The number of carbonyl (C=O) groups is 1. The van der Waals surface area contributed by atoms with Crippen LogP contribution in [0.1, 0.15) is 11.1 Å². The van der Waals surface area contributed by atoms with Crippen molar-refractivity contribution in [3.05, 3.63) is 71.2 Å². The van der Waals surface area contributed by atoms with Crippen LogP contribution in [-0.4, -0.2) is 47.2 Å². The number of piperazine rings is 1. The van der Waals surface area contributed by atoms with Gasteiger partial charge in [0.15, 0.2) is 5.76 Å². The normalized spacial score (nSPS) is 15.6. The summed E-state index contributed by atoms with van der Waals surface area (Å²) in [6, 6.07) is 13.0. The smallest absolute Gasteiger partial charge is 0.292 e. The van der Waals surface area contributed by atoms with E-state index in [2.05, 4.69) is 4.90 Å². The molecule has 1 fully saturated rings. The molecule has 136 valence electrons. The standard InChI is InChI=1S/C20H21FN2O3/c1-14-4-2-3-5-17(14)22-10-12-23(13-11-22)20(26)19(25)18(24)15-6-8-16(21)9-7-15/h2-9,24-25H,10-13H2,1H3/b19-18-. The highest BCUT2D eigenvalue weighted by atomic mass is 19.1. The van der Waals surface area contributed by atoms with Gasteiger partial charge in [-0.25, -0.2) is 4.39 Å². The third-order valence-corrected chi connectivity index (χ3v) is 4.57. The predicted molar refractivity (Wildman–Crippen MR) is 98.5 cm³/mol. The zero-order chi connectivity index (χ0) is 18.7. The van der Waals surface area contributed by atoms with Crippen LogP contribution in [0.3, 0.4) is 0 Å². The number of hydrogen-bond donors (Lipinski definition) is 2. The van der Waals surface area contributed by atoms with E-state index in [-0.39, 0.29) is 5.56 Å². The number of benzene rings is 2. The number of anilines is 1. The van der Waals surface area contributed by atoms with Gasteiger partial charge in [0.05, 0.1) is 0 Å². The molecule has 1 saturated heterocycles. The van der Waals surface area contributed by atoms with Gasteiger partial charge in [0.25, 0.3) is 5.91 Å². The van der Waals surface area contributed by atoms with Gasteiger partial charge in [-0.2, -0.15) is 0 Å². The molecule has 1 heterocycles. The second-order valence-electron chi connectivity index (χ2n) is 6.27. The number of halogens is 1. The number of nitrogens with zero attached hydrogens (tertiary/aromatic N) is 2. The Kier molecular flexibility index (Phi) is 5.11. The van der Waals surface area contributed by atoms with Crippen molar-refractivity contribution in [2.45, 2.75) is 6.92 Å². The van der Waals surface area contributed by atoms with Crippen molar-refractivity contribution in [1.82, 2.24) is 4.90 Å². The summed E-state index contributed by atoms with van der Waals surface area (Å²) in [5.74, 6) is -2.35. The van der Waals surface area contributed by atoms with E-state index < -0.39 is 23.2 Å². The first-order valence-electron chi connectivity index (χ1n) is 8.45. The number of aliphatic hydroxyl groups excluding tert-OH is 2. The maximum Gasteiger partial charge on any atom is 0.292 e. The van der Waals surface area contributed by atoms with E-state index in [0.29, 0.717) is 26.2 Å². The number of amides is 1. The van der Waals surface area contributed by atoms with Crippen molar-refractivity contribution in [2.75, 3.05) is 31.1 Å². The van der Waals surface area contributed by atoms with Crippen molar-refractivity contribution >= 4 is 17.4 Å². The molecule has 0 spiro atoms. The predicted octanol–water partition coefficient (Wildman–Crippen LogP) is 3.27. The Balaban J connectivity index is 1.69. The molecule has 0 bridgehead atoms. The fraction of sp³-hybridized carbons (Fsp3) is 0.250. The molecule has 0 saturated carbocycles. The van der Waals surface area contributed by atoms with Crippen LogP contribution in [-0.2, 0) is 4.79 Å². The van der Waals surface area contributed by atoms with E-state index in [1.807, 2.05) is 31.2 Å². The molecule has 5 nitrogen and oxygen atoms in total. The summed E-state index contributed by atoms with van der Waals surface area (Å²) in [7, 11) is 0. The number of rotatable bonds is 3. The highest BCUT2D eigenvalue weighted by Crippen LogP contribution is 2.22. The van der Waals surface area contributed by atoms with Crippen LogP contribution in [0.2, 0.25) is 0 Å². The Morgan fingerprint density at radius 1 is 0.962 bits per heavy atom. The van der Waals surface area contributed by atoms with Gasteiger partial charge in [-0.3, -0.25) is 4.79 Å². The average molecular weight is 356 g/mol. The number of aliphatic hydroxyl groups is 2. The van der Waals surface area contributed by atoms with Gasteiger partial charge in [-0.1, -0.05) is 18.2 Å². The fourth-order valence-electron chi connectivity index (χ4n) is 3.06. The molecule has 2 aromatic rings. The topological polar surface area (TPSA) is 64.0 Å². The lowest BCUT2D eigenvalue weighted by atomic mass is 10.1. The zero-order valence-corrected chi connectivity index (χ0v) is 14.5. The lowest BCUT2D eigenvalue weighted by Crippen LogP contribution is -2.49. The SMILES string of the molecule is Cc1ccccc1N1CCN(C(=O)/C(O)=C(/O)c2ccc(F)cc2)CC1. The summed E-state index contributed by atoms with van der Waals surface area (Å²) in [6.07, 6.45) is 0. The van der Waals surface area contributed by atoms with Crippen LogP contribution >= 0.6 is 0 Å². The molecule has 1 aliphatic rings. The molecule has 2 aromatic carbocycles. The van der Waals surface area contributed by atoms with Gasteiger partial charge in [-0.15, -0.1) is 0 Å². The van der Waals surface area contributed by atoms with E-state index in [1.54, 1.807) is 0 Å². The molecule has 0 atom stereocenters. The van der Waals surface area contributed by atoms with Gasteiger partial charge >= 0.3 is 0 Å². The summed E-state index contributed by atoms with van der Waals surface area (Å²) >= 11 is 0. The molecule has 2 N–H and O–H groups in total. The molecule has 3 rings (SSSR count). The highest BCUT2D eigenvalue weighted by Gasteiger charge is 2.26. The van der Waals surface area contributed by atoms with Gasteiger partial charge in [0, 0.05) is 37.4 Å². The van der Waals surface area contributed by atoms with Gasteiger partial charge in [0.1, 0.15) is 5.82 Å². The van der Waals surface area contributed by atoms with E-state index >= 15 is 0 Å². The third-order valence-electron chi connectivity index (χ3n) is 4.57. The van der Waals surface area contributed by atoms with Crippen molar-refractivity contribution in [3.63, 3.8) is 0 Å². The van der Waals surface area contributed by atoms with Crippen molar-refractivity contribution in [2.24, 2.45) is 0 Å². The molecule has 0 aliphatic carbocycles. The third kappa shape index (κ3) is 3.64. The molecular weight excluding hydrogens is 335 g/mol. The zero-order valence-electron chi connectivity index (χ0n) is 14.5. The lowest BCUT2D eigenvalue weighted by molar-refractivity contribution is -0.130. The Morgan fingerprint density at radius 2 is 1.58 bits per heavy atom. The Morgan fingerprint density at radius 3 is 2.19 bits per heavy atom. The number of hydrogen-bond acceptors (Lipinski definition) is 4. The van der Waals surface area contributed by atoms with Crippen LogP contribution < -0.4 is 4.90 Å². The van der Waals surface area contributed by atoms with Crippen molar-refractivity contribution in [3.8, 4) is 0 Å². The Bertz CT molecular complexity index is 825. The molecule has 26 heavy (non-hydrogen) atoms. The molecule has 1 amide bonds. The van der Waals surface area contributed by atoms with E-state index in [1.165, 1.54) is 22.6 Å². The fourth-order valence-corrected chi connectivity index (χ4v) is 3.06. The molecule has 0 aromatic heterocycles. The Labute approximate surface area is 151 Å². The molecular formula is C20H21FN2O3. The van der Waals surface area contributed by atoms with Crippen molar-refractivity contribution in [1.29, 1.82) is 0 Å².